The first-order valence-electron chi connectivity index (χ1n) is 10.7. The van der Waals surface area contributed by atoms with Crippen molar-refractivity contribution in [3.63, 3.8) is 0 Å². The van der Waals surface area contributed by atoms with E-state index in [9.17, 15) is 0 Å². The summed E-state index contributed by atoms with van der Waals surface area (Å²) in [6, 6.07) is 21.9. The SMILES string of the molecule is Brc1ccc2c(c1)C1CC(c3cccs3)=NN1C1(CCC(c3ccccc3)CC1)O2. The third kappa shape index (κ3) is 3.02. The molecule has 1 aliphatic carbocycles. The van der Waals surface area contributed by atoms with Crippen LogP contribution in [0.5, 0.6) is 5.75 Å². The third-order valence-electron chi connectivity index (χ3n) is 6.80. The number of nitrogens with zero attached hydrogens (tertiary/aromatic N) is 2. The lowest BCUT2D eigenvalue weighted by Gasteiger charge is -2.50. The molecule has 1 saturated carbocycles. The zero-order valence-corrected chi connectivity index (χ0v) is 19.0. The predicted molar refractivity (Wildman–Crippen MR) is 125 cm³/mol. The fourth-order valence-electron chi connectivity index (χ4n) is 5.30. The van der Waals surface area contributed by atoms with E-state index < -0.39 is 0 Å². The van der Waals surface area contributed by atoms with E-state index in [4.69, 9.17) is 9.84 Å². The Balaban J connectivity index is 1.36. The lowest BCUT2D eigenvalue weighted by Crippen LogP contribution is -2.55. The van der Waals surface area contributed by atoms with Gasteiger partial charge in [-0.05, 0) is 54.0 Å². The monoisotopic (exact) mass is 478 g/mol. The Morgan fingerprint density at radius 3 is 2.63 bits per heavy atom. The minimum absolute atomic E-state index is 0.247. The molecule has 1 atom stereocenters. The van der Waals surface area contributed by atoms with Crippen LogP contribution < -0.4 is 4.74 Å². The Labute approximate surface area is 189 Å². The van der Waals surface area contributed by atoms with Gasteiger partial charge in [-0.2, -0.15) is 5.10 Å². The molecule has 0 saturated heterocycles. The fraction of sp³-hybridized carbons (Fsp3) is 0.320. The Bertz CT molecular complexity index is 1090. The number of thiophene rings is 1. The smallest absolute Gasteiger partial charge is 0.198 e. The van der Waals surface area contributed by atoms with Crippen molar-refractivity contribution in [3.8, 4) is 5.75 Å². The van der Waals surface area contributed by atoms with Gasteiger partial charge in [0.25, 0.3) is 0 Å². The van der Waals surface area contributed by atoms with Gasteiger partial charge in [0.05, 0.1) is 16.6 Å². The highest BCUT2D eigenvalue weighted by atomic mass is 79.9. The molecule has 0 N–H and O–H groups in total. The molecular formula is C25H23BrN2OS. The molecule has 3 heterocycles. The highest BCUT2D eigenvalue weighted by Crippen LogP contribution is 2.53. The average Bonchev–Trinajstić information content (AvgIpc) is 3.46. The maximum Gasteiger partial charge on any atom is 0.198 e. The Morgan fingerprint density at radius 2 is 1.87 bits per heavy atom. The first kappa shape index (κ1) is 18.6. The molecule has 5 heteroatoms. The minimum atomic E-state index is -0.338. The zero-order valence-electron chi connectivity index (χ0n) is 16.6. The molecule has 2 aliphatic heterocycles. The molecule has 3 aromatic rings. The second-order valence-corrected chi connectivity index (χ2v) is 10.4. The summed E-state index contributed by atoms with van der Waals surface area (Å²) >= 11 is 5.43. The van der Waals surface area contributed by atoms with Crippen molar-refractivity contribution in [2.24, 2.45) is 5.10 Å². The van der Waals surface area contributed by atoms with Gasteiger partial charge in [-0.3, -0.25) is 0 Å². The quantitative estimate of drug-likeness (QED) is 0.391. The number of benzene rings is 2. The van der Waals surface area contributed by atoms with Crippen LogP contribution in [0, 0.1) is 0 Å². The molecule has 0 amide bonds. The average molecular weight is 479 g/mol. The van der Waals surface area contributed by atoms with E-state index >= 15 is 0 Å². The van der Waals surface area contributed by atoms with Gasteiger partial charge in [-0.15, -0.1) is 11.3 Å². The van der Waals surface area contributed by atoms with E-state index in [1.54, 1.807) is 11.3 Å². The highest BCUT2D eigenvalue weighted by molar-refractivity contribution is 9.10. The van der Waals surface area contributed by atoms with E-state index in [1.165, 1.54) is 21.7 Å². The molecule has 1 fully saturated rings. The second kappa shape index (κ2) is 7.24. The summed E-state index contributed by atoms with van der Waals surface area (Å²) in [5.41, 5.74) is 3.55. The minimum Gasteiger partial charge on any atom is -0.466 e. The van der Waals surface area contributed by atoms with Crippen LogP contribution in [0.15, 0.2) is 75.6 Å². The van der Waals surface area contributed by atoms with Crippen LogP contribution in [0.3, 0.4) is 0 Å². The summed E-state index contributed by atoms with van der Waals surface area (Å²) in [5.74, 6) is 1.63. The largest absolute Gasteiger partial charge is 0.466 e. The van der Waals surface area contributed by atoms with E-state index in [0.29, 0.717) is 5.92 Å². The third-order valence-corrected chi connectivity index (χ3v) is 8.21. The maximum atomic E-state index is 6.78. The van der Waals surface area contributed by atoms with Crippen molar-refractivity contribution in [3.05, 3.63) is 86.5 Å². The lowest BCUT2D eigenvalue weighted by molar-refractivity contribution is -0.142. The van der Waals surface area contributed by atoms with E-state index in [1.807, 2.05) is 0 Å². The van der Waals surface area contributed by atoms with Crippen LogP contribution in [0.2, 0.25) is 0 Å². The standard InChI is InChI=1S/C25H23BrN2OS/c26-19-8-9-23-20(15-19)22-16-21(24-7-4-14-30-24)27-28(22)25(29-23)12-10-18(11-13-25)17-5-2-1-3-6-17/h1-9,14-15,18,22H,10-13,16H2. The molecule has 1 unspecified atom stereocenters. The number of halogens is 1. The van der Waals surface area contributed by atoms with E-state index in [0.717, 1.165) is 42.3 Å². The van der Waals surface area contributed by atoms with Gasteiger partial charge in [0.1, 0.15) is 5.75 Å². The number of hydrogen-bond donors (Lipinski definition) is 0. The van der Waals surface area contributed by atoms with Crippen LogP contribution in [-0.4, -0.2) is 16.4 Å². The van der Waals surface area contributed by atoms with Gasteiger partial charge in [0.2, 0.25) is 0 Å². The van der Waals surface area contributed by atoms with Crippen LogP contribution >= 0.6 is 27.3 Å². The van der Waals surface area contributed by atoms with Gasteiger partial charge in [0, 0.05) is 29.3 Å². The molecule has 6 rings (SSSR count). The van der Waals surface area contributed by atoms with Gasteiger partial charge >= 0.3 is 0 Å². The van der Waals surface area contributed by atoms with Crippen molar-refractivity contribution in [2.75, 3.05) is 0 Å². The Hall–Kier alpha value is -2.11. The Morgan fingerprint density at radius 1 is 1.03 bits per heavy atom. The van der Waals surface area contributed by atoms with Crippen molar-refractivity contribution in [2.45, 2.75) is 49.8 Å². The summed E-state index contributed by atoms with van der Waals surface area (Å²) < 4.78 is 7.88. The summed E-state index contributed by atoms with van der Waals surface area (Å²) in [7, 11) is 0. The van der Waals surface area contributed by atoms with Crippen LogP contribution in [0.25, 0.3) is 0 Å². The summed E-state index contributed by atoms with van der Waals surface area (Å²) in [5, 5.41) is 9.63. The molecule has 3 aliphatic rings. The van der Waals surface area contributed by atoms with Crippen molar-refractivity contribution in [1.29, 1.82) is 0 Å². The molecule has 1 spiro atoms. The Kier molecular flexibility index (Phi) is 4.50. The molecule has 0 bridgehead atoms. The molecule has 1 aromatic heterocycles. The summed E-state index contributed by atoms with van der Waals surface area (Å²) in [6.45, 7) is 0. The number of hydrazone groups is 1. The van der Waals surface area contributed by atoms with Gasteiger partial charge in [-0.25, -0.2) is 5.01 Å². The first-order chi connectivity index (χ1) is 14.7. The van der Waals surface area contributed by atoms with Crippen molar-refractivity contribution >= 4 is 33.0 Å². The molecular weight excluding hydrogens is 456 g/mol. The summed E-state index contributed by atoms with van der Waals surface area (Å²) in [4.78, 5) is 1.27. The first-order valence-corrected chi connectivity index (χ1v) is 12.3. The second-order valence-electron chi connectivity index (χ2n) is 8.50. The molecule has 0 radical (unpaired) electrons. The molecule has 3 nitrogen and oxygen atoms in total. The number of rotatable bonds is 2. The van der Waals surface area contributed by atoms with Crippen LogP contribution in [-0.2, 0) is 0 Å². The fourth-order valence-corrected chi connectivity index (χ4v) is 6.40. The number of fused-ring (bicyclic) bond motifs is 4. The van der Waals surface area contributed by atoms with Crippen molar-refractivity contribution < 1.29 is 4.74 Å². The molecule has 2 aromatic carbocycles. The van der Waals surface area contributed by atoms with Gasteiger partial charge in [-0.1, -0.05) is 52.3 Å². The van der Waals surface area contributed by atoms with Crippen LogP contribution in [0.1, 0.15) is 60.1 Å². The lowest BCUT2D eigenvalue weighted by atomic mass is 9.78. The molecule has 152 valence electrons. The van der Waals surface area contributed by atoms with Crippen LogP contribution in [0.4, 0.5) is 0 Å². The normalized spacial score (nSPS) is 27.4. The highest BCUT2D eigenvalue weighted by Gasteiger charge is 2.52. The van der Waals surface area contributed by atoms with Crippen molar-refractivity contribution in [1.82, 2.24) is 5.01 Å². The number of hydrogen-bond acceptors (Lipinski definition) is 4. The van der Waals surface area contributed by atoms with E-state index in [-0.39, 0.29) is 11.8 Å². The summed E-state index contributed by atoms with van der Waals surface area (Å²) in [6.07, 6.45) is 5.20. The van der Waals surface area contributed by atoms with Gasteiger partial charge in [0.15, 0.2) is 5.72 Å². The maximum absolute atomic E-state index is 6.78. The zero-order chi connectivity index (χ0) is 20.1. The number of ether oxygens (including phenoxy) is 1. The topological polar surface area (TPSA) is 24.8 Å². The van der Waals surface area contributed by atoms with Gasteiger partial charge < -0.3 is 4.74 Å². The molecule has 30 heavy (non-hydrogen) atoms. The predicted octanol–water partition coefficient (Wildman–Crippen LogP) is 7.11. The van der Waals surface area contributed by atoms with E-state index in [2.05, 4.69) is 87.0 Å².